The summed E-state index contributed by atoms with van der Waals surface area (Å²) < 4.78 is 8.23. The van der Waals surface area contributed by atoms with Crippen molar-refractivity contribution in [3.05, 3.63) is 70.9 Å². The second kappa shape index (κ2) is 8.36. The predicted molar refractivity (Wildman–Crippen MR) is 122 cm³/mol. The van der Waals surface area contributed by atoms with Crippen LogP contribution >= 0.6 is 0 Å². The predicted octanol–water partition coefficient (Wildman–Crippen LogP) is 1.58. The van der Waals surface area contributed by atoms with E-state index in [1.54, 1.807) is 56.9 Å². The maximum Gasteiger partial charge on any atom is 0.279 e. The molecule has 4 aromatic rings. The van der Waals surface area contributed by atoms with E-state index in [2.05, 4.69) is 31.0 Å². The molecule has 0 aromatic carbocycles. The van der Waals surface area contributed by atoms with E-state index in [-0.39, 0.29) is 23.6 Å². The summed E-state index contributed by atoms with van der Waals surface area (Å²) in [6, 6.07) is 10.4. The summed E-state index contributed by atoms with van der Waals surface area (Å²) in [5.41, 5.74) is 0.719. The molecule has 2 atom stereocenters. The van der Waals surface area contributed by atoms with Crippen LogP contribution in [0.25, 0.3) is 11.5 Å². The Labute approximate surface area is 188 Å². The van der Waals surface area contributed by atoms with Gasteiger partial charge in [-0.25, -0.2) is 9.97 Å². The zero-order valence-electron chi connectivity index (χ0n) is 18.0. The molecular formula is C22H22N8O3. The number of amides is 1. The quantitative estimate of drug-likeness (QED) is 0.390. The highest BCUT2D eigenvalue weighted by Crippen LogP contribution is 2.26. The molecule has 4 aromatic heterocycles. The van der Waals surface area contributed by atoms with E-state index in [0.717, 1.165) is 6.42 Å². The van der Waals surface area contributed by atoms with Gasteiger partial charge in [0.15, 0.2) is 5.65 Å². The van der Waals surface area contributed by atoms with Crippen LogP contribution in [0.4, 0.5) is 17.3 Å². The van der Waals surface area contributed by atoms with E-state index in [1.165, 1.54) is 15.3 Å². The van der Waals surface area contributed by atoms with Gasteiger partial charge in [-0.3, -0.25) is 14.2 Å². The first-order valence-corrected chi connectivity index (χ1v) is 10.4. The molecule has 168 valence electrons. The molecule has 1 fully saturated rings. The molecule has 0 aliphatic heterocycles. The highest BCUT2D eigenvalue weighted by Gasteiger charge is 2.39. The number of aromatic nitrogens is 5. The van der Waals surface area contributed by atoms with E-state index in [9.17, 15) is 9.59 Å². The Hall–Kier alpha value is -4.25. The summed E-state index contributed by atoms with van der Waals surface area (Å²) in [7, 11) is 3.36. The van der Waals surface area contributed by atoms with Gasteiger partial charge in [0.05, 0.1) is 18.3 Å². The maximum absolute atomic E-state index is 13.0. The summed E-state index contributed by atoms with van der Waals surface area (Å²) in [5.74, 6) is 1.22. The van der Waals surface area contributed by atoms with Crippen molar-refractivity contribution >= 4 is 28.9 Å². The van der Waals surface area contributed by atoms with Crippen LogP contribution in [0, 0.1) is 0 Å². The number of carbonyl (C=O) groups excluding carboxylic acids is 1. The molecule has 1 amide bonds. The van der Waals surface area contributed by atoms with Crippen LogP contribution in [0.1, 0.15) is 16.8 Å². The summed E-state index contributed by atoms with van der Waals surface area (Å²) in [4.78, 5) is 34.6. The van der Waals surface area contributed by atoms with Crippen molar-refractivity contribution in [2.45, 2.75) is 18.6 Å². The van der Waals surface area contributed by atoms with Crippen molar-refractivity contribution in [1.82, 2.24) is 29.5 Å². The third kappa shape index (κ3) is 3.89. The number of methoxy groups -OCH3 is 1. The van der Waals surface area contributed by atoms with Crippen molar-refractivity contribution in [3.8, 4) is 5.82 Å². The van der Waals surface area contributed by atoms with Gasteiger partial charge in [0.2, 0.25) is 0 Å². The number of nitrogens with zero attached hydrogens (tertiary/aromatic N) is 5. The fourth-order valence-corrected chi connectivity index (χ4v) is 3.60. The normalized spacial score (nSPS) is 17.0. The average Bonchev–Trinajstić information content (AvgIpc) is 3.45. The summed E-state index contributed by atoms with van der Waals surface area (Å²) in [6.45, 7) is 0. The van der Waals surface area contributed by atoms with Gasteiger partial charge in [0.1, 0.15) is 28.7 Å². The Bertz CT molecular complexity index is 1380. The second-order valence-corrected chi connectivity index (χ2v) is 7.57. The molecule has 33 heavy (non-hydrogen) atoms. The Morgan fingerprint density at radius 3 is 2.85 bits per heavy atom. The van der Waals surface area contributed by atoms with Crippen LogP contribution in [0.2, 0.25) is 0 Å². The molecule has 0 unspecified atom stereocenters. The number of rotatable bonds is 7. The molecule has 0 radical (unpaired) electrons. The number of fused-ring (bicyclic) bond motifs is 1. The molecule has 1 aliphatic rings. The summed E-state index contributed by atoms with van der Waals surface area (Å²) in [6.07, 6.45) is 5.56. The maximum atomic E-state index is 13.0. The molecule has 0 bridgehead atoms. The minimum Gasteiger partial charge on any atom is -0.379 e. The number of carbonyl (C=O) groups is 1. The van der Waals surface area contributed by atoms with E-state index >= 15 is 0 Å². The third-order valence-electron chi connectivity index (χ3n) is 5.43. The molecule has 4 heterocycles. The van der Waals surface area contributed by atoms with Gasteiger partial charge < -0.3 is 20.7 Å². The number of pyridine rings is 2. The van der Waals surface area contributed by atoms with Gasteiger partial charge >= 0.3 is 0 Å². The zero-order chi connectivity index (χ0) is 22.9. The standard InChI is InChI=1S/C22H22N8O3/c1-23-19-11-17(26-14-6-5-9-29(22(14)32)18-7-3-4-8-24-18)28-20-13(12-25-30(19)20)21(31)27-15-10-16(15)33-2/h3-9,11-12,15-16,23H,10H2,1-2H3,(H,26,28)(H,27,31)/t15-,16-/m0/s1. The first kappa shape index (κ1) is 20.6. The smallest absolute Gasteiger partial charge is 0.279 e. The van der Waals surface area contributed by atoms with E-state index in [0.29, 0.717) is 34.4 Å². The number of ether oxygens (including phenoxy) is 1. The minimum atomic E-state index is -0.283. The lowest BCUT2D eigenvalue weighted by Gasteiger charge is -2.11. The fourth-order valence-electron chi connectivity index (χ4n) is 3.60. The van der Waals surface area contributed by atoms with Gasteiger partial charge in [-0.2, -0.15) is 9.61 Å². The first-order valence-electron chi connectivity index (χ1n) is 10.4. The fraction of sp³-hybridized carbons (Fsp3) is 0.227. The number of anilines is 3. The van der Waals surface area contributed by atoms with Gasteiger partial charge in [0.25, 0.3) is 11.5 Å². The molecule has 1 aliphatic carbocycles. The van der Waals surface area contributed by atoms with Gasteiger partial charge in [-0.1, -0.05) is 6.07 Å². The molecule has 3 N–H and O–H groups in total. The highest BCUT2D eigenvalue weighted by molar-refractivity contribution is 6.00. The van der Waals surface area contributed by atoms with Crippen molar-refractivity contribution in [3.63, 3.8) is 0 Å². The van der Waals surface area contributed by atoms with Gasteiger partial charge in [-0.15, -0.1) is 0 Å². The molecule has 0 spiro atoms. The first-order chi connectivity index (χ1) is 16.1. The average molecular weight is 446 g/mol. The third-order valence-corrected chi connectivity index (χ3v) is 5.43. The lowest BCUT2D eigenvalue weighted by molar-refractivity contribution is 0.0936. The van der Waals surface area contributed by atoms with E-state index in [4.69, 9.17) is 4.74 Å². The molecule has 11 heteroatoms. The lowest BCUT2D eigenvalue weighted by Crippen LogP contribution is -2.28. The van der Waals surface area contributed by atoms with Crippen LogP contribution in [0.15, 0.2) is 59.8 Å². The summed E-state index contributed by atoms with van der Waals surface area (Å²) >= 11 is 0. The van der Waals surface area contributed by atoms with Gasteiger partial charge in [-0.05, 0) is 30.7 Å². The largest absolute Gasteiger partial charge is 0.379 e. The number of hydrogen-bond donors (Lipinski definition) is 3. The summed E-state index contributed by atoms with van der Waals surface area (Å²) in [5, 5.41) is 13.3. The van der Waals surface area contributed by atoms with Crippen molar-refractivity contribution in [2.24, 2.45) is 0 Å². The Balaban J connectivity index is 1.49. The van der Waals surface area contributed by atoms with E-state index < -0.39 is 0 Å². The Morgan fingerprint density at radius 2 is 2.12 bits per heavy atom. The number of nitrogens with one attached hydrogen (secondary N) is 3. The monoisotopic (exact) mass is 446 g/mol. The van der Waals surface area contributed by atoms with Crippen LogP contribution in [-0.4, -0.2) is 56.4 Å². The van der Waals surface area contributed by atoms with Crippen LogP contribution in [-0.2, 0) is 4.74 Å². The molecular weight excluding hydrogens is 424 g/mol. The molecule has 5 rings (SSSR count). The SMILES string of the molecule is CNc1cc(Nc2cccn(-c3ccccn3)c2=O)nc2c(C(=O)N[C@H]3C[C@@H]3OC)cnn12. The van der Waals surface area contributed by atoms with E-state index in [1.807, 2.05) is 6.07 Å². The highest BCUT2D eigenvalue weighted by atomic mass is 16.5. The van der Waals surface area contributed by atoms with Gasteiger partial charge in [0, 0.05) is 32.6 Å². The van der Waals surface area contributed by atoms with Crippen LogP contribution in [0.5, 0.6) is 0 Å². The Morgan fingerprint density at radius 1 is 1.24 bits per heavy atom. The Kier molecular flexibility index (Phi) is 5.23. The zero-order valence-corrected chi connectivity index (χ0v) is 18.0. The second-order valence-electron chi connectivity index (χ2n) is 7.57. The number of hydrogen-bond acceptors (Lipinski definition) is 8. The van der Waals surface area contributed by atoms with Crippen molar-refractivity contribution in [1.29, 1.82) is 0 Å². The topological polar surface area (TPSA) is 127 Å². The van der Waals surface area contributed by atoms with Crippen LogP contribution < -0.4 is 21.5 Å². The van der Waals surface area contributed by atoms with Crippen molar-refractivity contribution in [2.75, 3.05) is 24.8 Å². The molecule has 1 saturated carbocycles. The molecule has 11 nitrogen and oxygen atoms in total. The minimum absolute atomic E-state index is 0.0167. The lowest BCUT2D eigenvalue weighted by atomic mass is 10.3. The van der Waals surface area contributed by atoms with Crippen LogP contribution in [0.3, 0.4) is 0 Å². The van der Waals surface area contributed by atoms with Crippen molar-refractivity contribution < 1.29 is 9.53 Å². The molecule has 0 saturated heterocycles.